The first-order valence-corrected chi connectivity index (χ1v) is 7.43. The van der Waals surface area contributed by atoms with Crippen LogP contribution in [0.4, 0.5) is 13.2 Å². The first kappa shape index (κ1) is 17.3. The topological polar surface area (TPSA) is 94.9 Å². The zero-order valence-corrected chi connectivity index (χ0v) is 11.7. The van der Waals surface area contributed by atoms with E-state index in [1.807, 2.05) is 0 Å². The largest absolute Gasteiger partial charge is 0.416 e. The van der Waals surface area contributed by atoms with Gasteiger partial charge in [-0.2, -0.15) is 13.2 Å². The minimum atomic E-state index is -4.60. The molecule has 0 atom stereocenters. The van der Waals surface area contributed by atoms with Crippen LogP contribution in [0, 0.1) is 0 Å². The van der Waals surface area contributed by atoms with Crippen molar-refractivity contribution in [1.82, 2.24) is 4.72 Å². The van der Waals surface area contributed by atoms with E-state index in [9.17, 15) is 21.6 Å². The van der Waals surface area contributed by atoms with Crippen molar-refractivity contribution in [3.8, 4) is 0 Å². The molecular weight excluding hydrogens is 309 g/mol. The molecule has 0 radical (unpaired) electrons. The first-order valence-electron chi connectivity index (χ1n) is 5.95. The molecule has 0 amide bonds. The molecule has 0 aliphatic carbocycles. The van der Waals surface area contributed by atoms with Crippen LogP contribution in [-0.4, -0.2) is 21.5 Å². The summed E-state index contributed by atoms with van der Waals surface area (Å²) >= 11 is 0. The number of rotatable bonds is 7. The van der Waals surface area contributed by atoms with Crippen molar-refractivity contribution < 1.29 is 21.6 Å². The predicted octanol–water partition coefficient (Wildman–Crippen LogP) is 3.07. The summed E-state index contributed by atoms with van der Waals surface area (Å²) in [4.78, 5) is 2.10. The van der Waals surface area contributed by atoms with Crippen LogP contribution >= 0.6 is 0 Å². The number of alkyl halides is 3. The molecule has 0 unspecified atom stereocenters. The van der Waals surface area contributed by atoms with E-state index in [2.05, 4.69) is 14.7 Å². The molecule has 1 aromatic carbocycles. The second-order valence-corrected chi connectivity index (χ2v) is 5.85. The minimum Gasteiger partial charge on any atom is -0.211 e. The lowest BCUT2D eigenvalue weighted by Gasteiger charge is -2.10. The van der Waals surface area contributed by atoms with E-state index >= 15 is 0 Å². The SMILES string of the molecule is [N-]=[N+]=NCCCCNS(=O)(=O)c1cccc(C(F)(F)F)c1. The number of unbranched alkanes of at least 4 members (excludes halogenated alkanes) is 1. The Morgan fingerprint density at radius 2 is 2.00 bits per heavy atom. The first-order chi connectivity index (χ1) is 9.77. The van der Waals surface area contributed by atoms with Crippen LogP contribution in [0.1, 0.15) is 18.4 Å². The van der Waals surface area contributed by atoms with Crippen LogP contribution in [-0.2, 0) is 16.2 Å². The van der Waals surface area contributed by atoms with Crippen molar-refractivity contribution in [1.29, 1.82) is 0 Å². The number of hydrogen-bond acceptors (Lipinski definition) is 3. The van der Waals surface area contributed by atoms with Crippen molar-refractivity contribution in [3.63, 3.8) is 0 Å². The molecular formula is C11H13F3N4O2S. The third kappa shape index (κ3) is 5.62. The fraction of sp³-hybridized carbons (Fsp3) is 0.455. The zero-order valence-electron chi connectivity index (χ0n) is 10.8. The van der Waals surface area contributed by atoms with E-state index < -0.39 is 26.7 Å². The average molecular weight is 322 g/mol. The molecule has 0 aromatic heterocycles. The van der Waals surface area contributed by atoms with E-state index in [1.54, 1.807) is 0 Å². The molecule has 0 aliphatic heterocycles. The highest BCUT2D eigenvalue weighted by atomic mass is 32.2. The number of nitrogens with one attached hydrogen (secondary N) is 1. The molecule has 0 spiro atoms. The monoisotopic (exact) mass is 322 g/mol. The average Bonchev–Trinajstić information content (AvgIpc) is 2.42. The Kier molecular flexibility index (Phi) is 6.01. The summed E-state index contributed by atoms with van der Waals surface area (Å²) in [7, 11) is -3.99. The fourth-order valence-corrected chi connectivity index (χ4v) is 2.60. The van der Waals surface area contributed by atoms with Gasteiger partial charge in [-0.1, -0.05) is 11.2 Å². The second-order valence-electron chi connectivity index (χ2n) is 4.08. The zero-order chi connectivity index (χ0) is 15.9. The van der Waals surface area contributed by atoms with Crippen molar-refractivity contribution >= 4 is 10.0 Å². The van der Waals surface area contributed by atoms with Crippen LogP contribution in [0.25, 0.3) is 10.4 Å². The highest BCUT2D eigenvalue weighted by Crippen LogP contribution is 2.30. The minimum absolute atomic E-state index is 0.0551. The summed E-state index contributed by atoms with van der Waals surface area (Å²) in [5.74, 6) is 0. The van der Waals surface area contributed by atoms with Gasteiger partial charge in [0, 0.05) is 18.0 Å². The molecule has 0 bridgehead atoms. The predicted molar refractivity (Wildman–Crippen MR) is 69.9 cm³/mol. The van der Waals surface area contributed by atoms with Gasteiger partial charge in [-0.05, 0) is 36.6 Å². The Labute approximate surface area is 119 Å². The van der Waals surface area contributed by atoms with Crippen LogP contribution in [0.3, 0.4) is 0 Å². The van der Waals surface area contributed by atoms with Gasteiger partial charge in [-0.3, -0.25) is 0 Å². The molecule has 0 saturated heterocycles. The Hall–Kier alpha value is -1.77. The fourth-order valence-electron chi connectivity index (χ4n) is 1.48. The van der Waals surface area contributed by atoms with E-state index in [-0.39, 0.29) is 13.1 Å². The highest BCUT2D eigenvalue weighted by Gasteiger charge is 2.31. The van der Waals surface area contributed by atoms with Gasteiger partial charge in [0.05, 0.1) is 10.5 Å². The van der Waals surface area contributed by atoms with Gasteiger partial charge in [0.1, 0.15) is 0 Å². The number of nitrogens with zero attached hydrogens (tertiary/aromatic N) is 3. The molecule has 0 heterocycles. The van der Waals surface area contributed by atoms with Gasteiger partial charge in [-0.25, -0.2) is 13.1 Å². The number of sulfonamides is 1. The lowest BCUT2D eigenvalue weighted by molar-refractivity contribution is -0.137. The molecule has 0 fully saturated rings. The maximum atomic E-state index is 12.5. The summed E-state index contributed by atoms with van der Waals surface area (Å²) in [5.41, 5.74) is 7.03. The lowest BCUT2D eigenvalue weighted by atomic mass is 10.2. The highest BCUT2D eigenvalue weighted by molar-refractivity contribution is 7.89. The second kappa shape index (κ2) is 7.30. The third-order valence-corrected chi connectivity index (χ3v) is 3.97. The molecule has 1 N–H and O–H groups in total. The standard InChI is InChI=1S/C11H13F3N4O2S/c12-11(13,14)9-4-3-5-10(8-9)21(19,20)17-7-2-1-6-16-18-15/h3-5,8,17H,1-2,6-7H2. The Balaban J connectivity index is 2.68. The van der Waals surface area contributed by atoms with Gasteiger partial charge < -0.3 is 0 Å². The number of hydrogen-bond donors (Lipinski definition) is 1. The van der Waals surface area contributed by atoms with E-state index in [4.69, 9.17) is 5.53 Å². The maximum absolute atomic E-state index is 12.5. The molecule has 1 rings (SSSR count). The summed E-state index contributed by atoms with van der Waals surface area (Å²) in [6.45, 7) is 0.293. The van der Waals surface area contributed by atoms with Crippen LogP contribution < -0.4 is 4.72 Å². The Morgan fingerprint density at radius 1 is 1.29 bits per heavy atom. The number of halogens is 3. The van der Waals surface area contributed by atoms with Gasteiger partial charge in [0.25, 0.3) is 0 Å². The molecule has 1 aromatic rings. The van der Waals surface area contributed by atoms with Crippen molar-refractivity contribution in [2.24, 2.45) is 5.11 Å². The van der Waals surface area contributed by atoms with E-state index in [0.29, 0.717) is 18.9 Å². The van der Waals surface area contributed by atoms with Crippen molar-refractivity contribution in [2.45, 2.75) is 23.9 Å². The van der Waals surface area contributed by atoms with Gasteiger partial charge >= 0.3 is 6.18 Å². The summed E-state index contributed by atoms with van der Waals surface area (Å²) in [6.07, 6.45) is -3.70. The summed E-state index contributed by atoms with van der Waals surface area (Å²) < 4.78 is 63.5. The quantitative estimate of drug-likeness (QED) is 0.361. The van der Waals surface area contributed by atoms with Crippen molar-refractivity contribution in [2.75, 3.05) is 13.1 Å². The number of azide groups is 1. The van der Waals surface area contributed by atoms with E-state index in [0.717, 1.165) is 18.2 Å². The number of benzene rings is 1. The van der Waals surface area contributed by atoms with Gasteiger partial charge in [0.2, 0.25) is 10.0 Å². The Bertz CT molecular complexity index is 625. The maximum Gasteiger partial charge on any atom is 0.416 e. The summed E-state index contributed by atoms with van der Waals surface area (Å²) in [6, 6.07) is 3.53. The van der Waals surface area contributed by atoms with Gasteiger partial charge in [-0.15, -0.1) is 0 Å². The smallest absolute Gasteiger partial charge is 0.211 e. The lowest BCUT2D eigenvalue weighted by Crippen LogP contribution is -2.25. The van der Waals surface area contributed by atoms with Gasteiger partial charge in [0.15, 0.2) is 0 Å². The molecule has 21 heavy (non-hydrogen) atoms. The molecule has 0 aliphatic rings. The van der Waals surface area contributed by atoms with Crippen LogP contribution in [0.15, 0.2) is 34.3 Å². The molecule has 116 valence electrons. The molecule has 10 heteroatoms. The third-order valence-electron chi connectivity index (χ3n) is 2.51. The molecule has 6 nitrogen and oxygen atoms in total. The van der Waals surface area contributed by atoms with Crippen LogP contribution in [0.5, 0.6) is 0 Å². The van der Waals surface area contributed by atoms with Crippen molar-refractivity contribution in [3.05, 3.63) is 40.3 Å². The van der Waals surface area contributed by atoms with E-state index in [1.165, 1.54) is 0 Å². The van der Waals surface area contributed by atoms with Crippen LogP contribution in [0.2, 0.25) is 0 Å². The molecule has 0 saturated carbocycles. The summed E-state index contributed by atoms with van der Waals surface area (Å²) in [5, 5.41) is 3.28. The Morgan fingerprint density at radius 3 is 2.62 bits per heavy atom. The normalized spacial score (nSPS) is 12.0.